The lowest BCUT2D eigenvalue weighted by molar-refractivity contribution is -0.127. The molecule has 0 heterocycles. The lowest BCUT2D eigenvalue weighted by atomic mass is 10.1. The van der Waals surface area contributed by atoms with Gasteiger partial charge in [-0.2, -0.15) is 0 Å². The van der Waals surface area contributed by atoms with Crippen molar-refractivity contribution in [1.29, 1.82) is 0 Å². The molecule has 0 unspecified atom stereocenters. The number of hydrogen-bond donors (Lipinski definition) is 0. The number of amides is 1. The zero-order valence-electron chi connectivity index (χ0n) is 9.01. The lowest BCUT2D eigenvalue weighted by Crippen LogP contribution is -2.17. The number of hydroxylamine groups is 1. The summed E-state index contributed by atoms with van der Waals surface area (Å²) < 4.78 is 0. The van der Waals surface area contributed by atoms with Gasteiger partial charge in [-0.25, -0.2) is 0 Å². The van der Waals surface area contributed by atoms with Crippen LogP contribution in [0, 0.1) is 0 Å². The van der Waals surface area contributed by atoms with Crippen LogP contribution in [0.15, 0.2) is 42.5 Å². The largest absolute Gasteiger partial charge is 0.353 e. The van der Waals surface area contributed by atoms with Crippen LogP contribution in [0.3, 0.4) is 0 Å². The SMILES string of the molecule is CCC(=O)[N]Oc1cccc2ccccc12. The van der Waals surface area contributed by atoms with E-state index in [9.17, 15) is 4.79 Å². The third-order valence-electron chi connectivity index (χ3n) is 2.30. The molecular formula is C13H12NO2. The second-order valence-electron chi connectivity index (χ2n) is 3.41. The van der Waals surface area contributed by atoms with Gasteiger partial charge in [0.05, 0.1) is 0 Å². The molecule has 0 saturated heterocycles. The molecule has 1 radical (unpaired) electrons. The van der Waals surface area contributed by atoms with Crippen LogP contribution in [0.2, 0.25) is 0 Å². The molecule has 0 aliphatic heterocycles. The van der Waals surface area contributed by atoms with Crippen LogP contribution in [-0.2, 0) is 4.79 Å². The predicted octanol–water partition coefficient (Wildman–Crippen LogP) is 2.67. The van der Waals surface area contributed by atoms with Gasteiger partial charge in [-0.3, -0.25) is 4.79 Å². The summed E-state index contributed by atoms with van der Waals surface area (Å²) in [5.41, 5.74) is 3.52. The van der Waals surface area contributed by atoms with E-state index in [0.717, 1.165) is 10.8 Å². The van der Waals surface area contributed by atoms with Gasteiger partial charge in [0, 0.05) is 11.8 Å². The standard InChI is InChI=1S/C13H12NO2/c1-2-13(15)14-16-12-9-5-7-10-6-3-4-8-11(10)12/h3-9H,2H2,1H3. The number of rotatable bonds is 3. The van der Waals surface area contributed by atoms with Crippen molar-refractivity contribution < 1.29 is 9.63 Å². The van der Waals surface area contributed by atoms with Crippen molar-refractivity contribution in [3.05, 3.63) is 42.5 Å². The summed E-state index contributed by atoms with van der Waals surface area (Å²) in [6.45, 7) is 1.75. The summed E-state index contributed by atoms with van der Waals surface area (Å²) in [5.74, 6) is 0.354. The fraction of sp³-hybridized carbons (Fsp3) is 0.154. The van der Waals surface area contributed by atoms with Crippen LogP contribution in [0.5, 0.6) is 5.75 Å². The Kier molecular flexibility index (Phi) is 3.05. The highest BCUT2D eigenvalue weighted by molar-refractivity contribution is 5.88. The monoisotopic (exact) mass is 214 g/mol. The number of benzene rings is 2. The normalized spacial score (nSPS) is 10.1. The first-order valence-corrected chi connectivity index (χ1v) is 5.20. The summed E-state index contributed by atoms with van der Waals surface area (Å²) >= 11 is 0. The molecule has 2 aromatic rings. The number of fused-ring (bicyclic) bond motifs is 1. The Bertz CT molecular complexity index is 503. The lowest BCUT2D eigenvalue weighted by Gasteiger charge is -2.05. The first-order valence-electron chi connectivity index (χ1n) is 5.20. The van der Waals surface area contributed by atoms with E-state index in [0.29, 0.717) is 12.2 Å². The van der Waals surface area contributed by atoms with Crippen LogP contribution in [0.1, 0.15) is 13.3 Å². The van der Waals surface area contributed by atoms with Crippen LogP contribution < -0.4 is 10.3 Å². The Hall–Kier alpha value is -2.03. The maximum atomic E-state index is 11.0. The Morgan fingerprint density at radius 3 is 2.75 bits per heavy atom. The van der Waals surface area contributed by atoms with Gasteiger partial charge in [0.2, 0.25) is 0 Å². The molecule has 1 amide bonds. The Balaban J connectivity index is 2.27. The van der Waals surface area contributed by atoms with Crippen molar-refractivity contribution in [2.24, 2.45) is 0 Å². The van der Waals surface area contributed by atoms with E-state index in [4.69, 9.17) is 4.84 Å². The van der Waals surface area contributed by atoms with E-state index in [-0.39, 0.29) is 5.91 Å². The number of nitrogens with zero attached hydrogens (tertiary/aromatic N) is 1. The molecule has 2 rings (SSSR count). The van der Waals surface area contributed by atoms with Gasteiger partial charge < -0.3 is 4.84 Å². The van der Waals surface area contributed by atoms with Crippen LogP contribution in [-0.4, -0.2) is 5.91 Å². The van der Waals surface area contributed by atoms with Gasteiger partial charge in [0.25, 0.3) is 5.91 Å². The summed E-state index contributed by atoms with van der Waals surface area (Å²) in [6.07, 6.45) is 0.352. The van der Waals surface area contributed by atoms with Crippen LogP contribution >= 0.6 is 0 Å². The third kappa shape index (κ3) is 2.14. The van der Waals surface area contributed by atoms with Gasteiger partial charge in [-0.05, 0) is 16.9 Å². The maximum Gasteiger partial charge on any atom is 0.281 e. The molecule has 3 nitrogen and oxygen atoms in total. The van der Waals surface area contributed by atoms with Crippen molar-refractivity contribution >= 4 is 16.7 Å². The molecule has 81 valence electrons. The topological polar surface area (TPSA) is 40.4 Å². The molecule has 0 fully saturated rings. The minimum absolute atomic E-state index is 0.257. The van der Waals surface area contributed by atoms with Crippen molar-refractivity contribution in [2.75, 3.05) is 0 Å². The summed E-state index contributed by atoms with van der Waals surface area (Å²) in [5, 5.41) is 2.02. The average molecular weight is 214 g/mol. The highest BCUT2D eigenvalue weighted by Crippen LogP contribution is 2.24. The van der Waals surface area contributed by atoms with Gasteiger partial charge in [-0.15, -0.1) is 0 Å². The van der Waals surface area contributed by atoms with Crippen molar-refractivity contribution in [3.8, 4) is 5.75 Å². The van der Waals surface area contributed by atoms with E-state index < -0.39 is 0 Å². The number of carbonyl (C=O) groups excluding carboxylic acids is 1. The van der Waals surface area contributed by atoms with E-state index in [2.05, 4.69) is 5.48 Å². The Labute approximate surface area is 94.0 Å². The molecule has 0 aliphatic carbocycles. The number of carbonyl (C=O) groups is 1. The molecule has 2 aromatic carbocycles. The van der Waals surface area contributed by atoms with Crippen molar-refractivity contribution in [2.45, 2.75) is 13.3 Å². The first-order chi connectivity index (χ1) is 7.81. The molecule has 0 aromatic heterocycles. The van der Waals surface area contributed by atoms with E-state index in [1.807, 2.05) is 36.4 Å². The number of hydrogen-bond acceptors (Lipinski definition) is 2. The fourth-order valence-corrected chi connectivity index (χ4v) is 1.44. The zero-order chi connectivity index (χ0) is 11.4. The summed E-state index contributed by atoms with van der Waals surface area (Å²) in [4.78, 5) is 16.2. The van der Waals surface area contributed by atoms with Gasteiger partial charge in [0.1, 0.15) is 0 Å². The molecular weight excluding hydrogens is 202 g/mol. The molecule has 3 heteroatoms. The van der Waals surface area contributed by atoms with Gasteiger partial charge >= 0.3 is 0 Å². The molecule has 0 atom stereocenters. The summed E-state index contributed by atoms with van der Waals surface area (Å²) in [6, 6.07) is 13.5. The van der Waals surface area contributed by atoms with Crippen LogP contribution in [0.4, 0.5) is 0 Å². The van der Waals surface area contributed by atoms with E-state index >= 15 is 0 Å². The minimum atomic E-state index is -0.257. The first kappa shape index (κ1) is 10.5. The van der Waals surface area contributed by atoms with Crippen molar-refractivity contribution in [1.82, 2.24) is 5.48 Å². The second-order valence-corrected chi connectivity index (χ2v) is 3.41. The van der Waals surface area contributed by atoms with Gasteiger partial charge in [0.15, 0.2) is 5.75 Å². The summed E-state index contributed by atoms with van der Waals surface area (Å²) in [7, 11) is 0. The Morgan fingerprint density at radius 1 is 1.19 bits per heavy atom. The highest BCUT2D eigenvalue weighted by Gasteiger charge is 2.05. The predicted molar refractivity (Wildman–Crippen MR) is 62.0 cm³/mol. The molecule has 0 aliphatic rings. The Morgan fingerprint density at radius 2 is 1.94 bits per heavy atom. The quantitative estimate of drug-likeness (QED) is 0.737. The molecule has 0 spiro atoms. The zero-order valence-corrected chi connectivity index (χ0v) is 9.01. The van der Waals surface area contributed by atoms with Crippen LogP contribution in [0.25, 0.3) is 10.8 Å². The average Bonchev–Trinajstić information content (AvgIpc) is 2.35. The van der Waals surface area contributed by atoms with Crippen molar-refractivity contribution in [3.63, 3.8) is 0 Å². The molecule has 16 heavy (non-hydrogen) atoms. The fourth-order valence-electron chi connectivity index (χ4n) is 1.44. The highest BCUT2D eigenvalue weighted by atomic mass is 16.7. The molecule has 0 bridgehead atoms. The molecule has 0 N–H and O–H groups in total. The van der Waals surface area contributed by atoms with Gasteiger partial charge in [-0.1, -0.05) is 43.3 Å². The maximum absolute atomic E-state index is 11.0. The van der Waals surface area contributed by atoms with E-state index in [1.165, 1.54) is 0 Å². The third-order valence-corrected chi connectivity index (χ3v) is 2.30. The van der Waals surface area contributed by atoms with E-state index in [1.54, 1.807) is 13.0 Å². The minimum Gasteiger partial charge on any atom is -0.353 e. The second kappa shape index (κ2) is 4.66. The smallest absolute Gasteiger partial charge is 0.281 e. The molecule has 0 saturated carbocycles.